The normalized spacial score (nSPS) is 14.9. The molecule has 0 fully saturated rings. The van der Waals surface area contributed by atoms with E-state index in [9.17, 15) is 4.57 Å². The number of hydrogen-bond acceptors (Lipinski definition) is 2. The van der Waals surface area contributed by atoms with Crippen LogP contribution in [0.25, 0.3) is 0 Å². The molecule has 0 heterocycles. The van der Waals surface area contributed by atoms with Crippen molar-refractivity contribution in [3.8, 4) is 0 Å². The first-order chi connectivity index (χ1) is 7.56. The fraction of sp³-hybridized carbons (Fsp3) is 1.00. The van der Waals surface area contributed by atoms with E-state index in [-0.39, 0.29) is 6.61 Å². The van der Waals surface area contributed by atoms with E-state index >= 15 is 0 Å². The average molecular weight is 336 g/mol. The van der Waals surface area contributed by atoms with Gasteiger partial charge >= 0.3 is 6.95 Å². The minimum Gasteiger partial charge on any atom is -0.313 e. The zero-order valence-electron chi connectivity index (χ0n) is 9.54. The zero-order chi connectivity index (χ0) is 12.3. The first-order valence-electron chi connectivity index (χ1n) is 5.79. The molecule has 0 aromatic carbocycles. The smallest absolute Gasteiger partial charge is 0.313 e. The Labute approximate surface area is 111 Å². The van der Waals surface area contributed by atoms with Gasteiger partial charge in [0.2, 0.25) is 0 Å². The van der Waals surface area contributed by atoms with Gasteiger partial charge in [-0.15, -0.1) is 0 Å². The van der Waals surface area contributed by atoms with Crippen LogP contribution in [0.4, 0.5) is 0 Å². The molecule has 0 aromatic rings. The number of alkyl halides is 1. The van der Waals surface area contributed by atoms with E-state index in [2.05, 4.69) is 20.5 Å². The van der Waals surface area contributed by atoms with Crippen LogP contribution in [0, 0.1) is 0 Å². The fourth-order valence-corrected chi connectivity index (χ4v) is 2.39. The molecule has 0 rings (SSSR count). The van der Waals surface area contributed by atoms with Crippen LogP contribution in [0.15, 0.2) is 0 Å². The minimum atomic E-state index is -3.77. The number of hydrogen-bond donors (Lipinski definition) is 1. The van der Waals surface area contributed by atoms with Crippen LogP contribution in [-0.2, 0) is 9.09 Å². The first kappa shape index (κ1) is 16.9. The standard InChI is InChI=1S/C10H21BrClO3P/c11-9-7-5-3-1-2-4-6-8-10-15-16(12,13)14/h1-10H2,(H,13,14). The number of halogens is 2. The largest absolute Gasteiger partial charge is 0.421 e. The van der Waals surface area contributed by atoms with Crippen molar-refractivity contribution in [3.05, 3.63) is 0 Å². The quantitative estimate of drug-likeness (QED) is 0.333. The van der Waals surface area contributed by atoms with Gasteiger partial charge in [-0.3, -0.25) is 4.52 Å². The summed E-state index contributed by atoms with van der Waals surface area (Å²) in [5.41, 5.74) is 0. The highest BCUT2D eigenvalue weighted by atomic mass is 79.9. The maximum atomic E-state index is 10.5. The third kappa shape index (κ3) is 14.9. The summed E-state index contributed by atoms with van der Waals surface area (Å²) >= 11 is 8.44. The summed E-state index contributed by atoms with van der Waals surface area (Å²) < 4.78 is 15.1. The summed E-state index contributed by atoms with van der Waals surface area (Å²) in [6, 6.07) is 0. The first-order valence-corrected chi connectivity index (χ1v) is 9.39. The molecular formula is C10H21BrClO3P. The molecule has 1 unspecified atom stereocenters. The third-order valence-electron chi connectivity index (χ3n) is 2.28. The second-order valence-corrected chi connectivity index (χ2v) is 7.04. The van der Waals surface area contributed by atoms with Crippen molar-refractivity contribution in [2.75, 3.05) is 11.9 Å². The van der Waals surface area contributed by atoms with Crippen LogP contribution in [0.3, 0.4) is 0 Å². The summed E-state index contributed by atoms with van der Waals surface area (Å²) in [5.74, 6) is 0. The van der Waals surface area contributed by atoms with Gasteiger partial charge < -0.3 is 4.89 Å². The maximum Gasteiger partial charge on any atom is 0.421 e. The Morgan fingerprint density at radius 2 is 1.44 bits per heavy atom. The van der Waals surface area contributed by atoms with Gasteiger partial charge in [-0.25, -0.2) is 4.57 Å². The lowest BCUT2D eigenvalue weighted by molar-refractivity contribution is 0.266. The molecule has 0 spiro atoms. The van der Waals surface area contributed by atoms with Gasteiger partial charge in [0.15, 0.2) is 0 Å². The minimum absolute atomic E-state index is 0.279. The molecule has 6 heteroatoms. The molecule has 1 atom stereocenters. The Bertz CT molecular complexity index is 199. The Morgan fingerprint density at radius 1 is 1.00 bits per heavy atom. The highest BCUT2D eigenvalue weighted by Crippen LogP contribution is 2.47. The maximum absolute atomic E-state index is 10.5. The van der Waals surface area contributed by atoms with E-state index in [1.807, 2.05) is 0 Å². The van der Waals surface area contributed by atoms with E-state index < -0.39 is 6.95 Å². The van der Waals surface area contributed by atoms with Gasteiger partial charge in [-0.05, 0) is 12.8 Å². The summed E-state index contributed by atoms with van der Waals surface area (Å²) in [7, 11) is 0. The predicted molar refractivity (Wildman–Crippen MR) is 72.4 cm³/mol. The van der Waals surface area contributed by atoms with Crippen molar-refractivity contribution in [1.82, 2.24) is 0 Å². The van der Waals surface area contributed by atoms with Crippen molar-refractivity contribution >= 4 is 34.1 Å². The Hall–Kier alpha value is 0.920. The summed E-state index contributed by atoms with van der Waals surface area (Å²) in [4.78, 5) is 8.64. The van der Waals surface area contributed by atoms with Gasteiger partial charge in [0.1, 0.15) is 0 Å². The van der Waals surface area contributed by atoms with Gasteiger partial charge in [0.05, 0.1) is 6.61 Å². The summed E-state index contributed by atoms with van der Waals surface area (Å²) in [5, 5.41) is 1.10. The van der Waals surface area contributed by atoms with Crippen LogP contribution in [-0.4, -0.2) is 16.8 Å². The van der Waals surface area contributed by atoms with E-state index in [1.54, 1.807) is 0 Å². The van der Waals surface area contributed by atoms with Gasteiger partial charge in [0, 0.05) is 16.6 Å². The van der Waals surface area contributed by atoms with E-state index in [0.717, 1.165) is 24.6 Å². The Kier molecular flexibility index (Phi) is 11.7. The lowest BCUT2D eigenvalue weighted by Gasteiger charge is -2.04. The molecule has 0 bridgehead atoms. The van der Waals surface area contributed by atoms with Crippen molar-refractivity contribution in [3.63, 3.8) is 0 Å². The topological polar surface area (TPSA) is 46.5 Å². The molecule has 0 saturated heterocycles. The van der Waals surface area contributed by atoms with E-state index in [4.69, 9.17) is 16.1 Å². The Balaban J connectivity index is 3.02. The molecule has 3 nitrogen and oxygen atoms in total. The third-order valence-corrected chi connectivity index (χ3v) is 3.63. The van der Waals surface area contributed by atoms with Crippen LogP contribution in [0.5, 0.6) is 0 Å². The molecular weight excluding hydrogens is 314 g/mol. The van der Waals surface area contributed by atoms with Crippen LogP contribution < -0.4 is 0 Å². The highest BCUT2D eigenvalue weighted by Gasteiger charge is 2.12. The molecule has 0 radical (unpaired) electrons. The van der Waals surface area contributed by atoms with E-state index in [1.165, 1.54) is 32.1 Å². The van der Waals surface area contributed by atoms with Crippen molar-refractivity contribution < 1.29 is 14.0 Å². The molecule has 0 amide bonds. The van der Waals surface area contributed by atoms with Crippen LogP contribution in [0.1, 0.15) is 51.4 Å². The van der Waals surface area contributed by atoms with E-state index in [0.29, 0.717) is 0 Å². The highest BCUT2D eigenvalue weighted by molar-refractivity contribution is 9.09. The molecule has 0 saturated carbocycles. The van der Waals surface area contributed by atoms with Crippen LogP contribution >= 0.6 is 34.1 Å². The molecule has 0 aliphatic rings. The van der Waals surface area contributed by atoms with Crippen LogP contribution in [0.2, 0.25) is 0 Å². The molecule has 0 aliphatic carbocycles. The van der Waals surface area contributed by atoms with Crippen molar-refractivity contribution in [2.45, 2.75) is 51.4 Å². The molecule has 1 N–H and O–H groups in total. The zero-order valence-corrected chi connectivity index (χ0v) is 12.8. The van der Waals surface area contributed by atoms with Crippen molar-refractivity contribution in [1.29, 1.82) is 0 Å². The SMILES string of the molecule is O=P(O)(Cl)OCCCCCCCCCCBr. The number of rotatable bonds is 11. The Morgan fingerprint density at radius 3 is 1.88 bits per heavy atom. The van der Waals surface area contributed by atoms with Gasteiger partial charge in [-0.2, -0.15) is 0 Å². The monoisotopic (exact) mass is 334 g/mol. The molecule has 0 aromatic heterocycles. The second-order valence-electron chi connectivity index (χ2n) is 3.80. The molecule has 98 valence electrons. The van der Waals surface area contributed by atoms with Gasteiger partial charge in [0.25, 0.3) is 0 Å². The number of unbranched alkanes of at least 4 members (excludes halogenated alkanes) is 7. The average Bonchev–Trinajstić information content (AvgIpc) is 2.19. The predicted octanol–water partition coefficient (Wildman–Crippen LogP) is 4.86. The molecule has 0 aliphatic heterocycles. The summed E-state index contributed by atoms with van der Waals surface area (Å²) in [6.45, 7) is -3.49. The summed E-state index contributed by atoms with van der Waals surface area (Å²) in [6.07, 6.45) is 9.38. The lowest BCUT2D eigenvalue weighted by Crippen LogP contribution is -1.89. The fourth-order valence-electron chi connectivity index (χ4n) is 1.43. The van der Waals surface area contributed by atoms with Gasteiger partial charge in [-0.1, -0.05) is 54.5 Å². The molecule has 16 heavy (non-hydrogen) atoms. The second kappa shape index (κ2) is 11.0. The van der Waals surface area contributed by atoms with Crippen molar-refractivity contribution in [2.24, 2.45) is 0 Å². The lowest BCUT2D eigenvalue weighted by atomic mass is 10.1.